The van der Waals surface area contributed by atoms with E-state index in [0.717, 1.165) is 5.39 Å². The van der Waals surface area contributed by atoms with E-state index in [9.17, 15) is 9.90 Å². The van der Waals surface area contributed by atoms with E-state index < -0.39 is 0 Å². The second kappa shape index (κ2) is 3.63. The number of benzene rings is 1. The average molecular weight is 226 g/mol. The third kappa shape index (κ3) is 1.65. The summed E-state index contributed by atoms with van der Waals surface area (Å²) in [6.07, 6.45) is 7.70. The molecule has 0 amide bonds. The number of fused-ring (bicyclic) bond motifs is 1. The van der Waals surface area contributed by atoms with Crippen LogP contribution in [0.5, 0.6) is 5.75 Å². The third-order valence-corrected chi connectivity index (χ3v) is 2.85. The van der Waals surface area contributed by atoms with Gasteiger partial charge in [-0.25, -0.2) is 4.79 Å². The van der Waals surface area contributed by atoms with Gasteiger partial charge in [0.15, 0.2) is 0 Å². The maximum atomic E-state index is 11.8. The lowest BCUT2D eigenvalue weighted by Crippen LogP contribution is -2.09. The molecule has 1 aliphatic carbocycles. The molecule has 0 saturated heterocycles. The molecule has 2 aromatic rings. The summed E-state index contributed by atoms with van der Waals surface area (Å²) in [7, 11) is 0. The minimum absolute atomic E-state index is 0.00977. The summed E-state index contributed by atoms with van der Waals surface area (Å²) >= 11 is 0. The predicted molar refractivity (Wildman–Crippen MR) is 65.2 cm³/mol. The Morgan fingerprint density at radius 3 is 2.65 bits per heavy atom. The topological polar surface area (TPSA) is 50.4 Å². The molecule has 0 radical (unpaired) electrons. The molecule has 1 aromatic heterocycles. The van der Waals surface area contributed by atoms with Crippen LogP contribution in [0.25, 0.3) is 11.0 Å². The summed E-state index contributed by atoms with van der Waals surface area (Å²) in [5, 5.41) is 10.1. The van der Waals surface area contributed by atoms with Crippen LogP contribution in [0.1, 0.15) is 11.5 Å². The number of allylic oxidation sites excluding steroid dienone is 4. The molecule has 0 bridgehead atoms. The Bertz CT molecular complexity index is 680. The van der Waals surface area contributed by atoms with Crippen LogP contribution in [0.4, 0.5) is 0 Å². The van der Waals surface area contributed by atoms with Gasteiger partial charge in [-0.3, -0.25) is 0 Å². The largest absolute Gasteiger partial charge is 0.508 e. The first-order chi connectivity index (χ1) is 8.24. The fraction of sp³-hybridized carbons (Fsp3) is 0.0714. The Morgan fingerprint density at radius 2 is 1.88 bits per heavy atom. The Labute approximate surface area is 97.3 Å². The highest BCUT2D eigenvalue weighted by Gasteiger charge is 2.14. The molecule has 1 heterocycles. The highest BCUT2D eigenvalue weighted by molar-refractivity contribution is 5.78. The molecular weight excluding hydrogens is 216 g/mol. The van der Waals surface area contributed by atoms with Gasteiger partial charge < -0.3 is 9.52 Å². The van der Waals surface area contributed by atoms with Gasteiger partial charge in [0, 0.05) is 22.9 Å². The minimum atomic E-state index is -0.357. The third-order valence-electron chi connectivity index (χ3n) is 2.85. The van der Waals surface area contributed by atoms with Crippen molar-refractivity contribution in [3.63, 3.8) is 0 Å². The molecule has 0 unspecified atom stereocenters. The summed E-state index contributed by atoms with van der Waals surface area (Å²) in [6.45, 7) is 0. The lowest BCUT2D eigenvalue weighted by atomic mass is 10.0. The summed E-state index contributed by atoms with van der Waals surface area (Å²) < 4.78 is 5.20. The second-order valence-electron chi connectivity index (χ2n) is 4.01. The number of hydrogen-bond acceptors (Lipinski definition) is 3. The van der Waals surface area contributed by atoms with Crippen molar-refractivity contribution >= 4 is 11.0 Å². The molecule has 0 saturated carbocycles. The molecule has 3 nitrogen and oxygen atoms in total. The summed E-state index contributed by atoms with van der Waals surface area (Å²) in [4.78, 5) is 11.8. The summed E-state index contributed by atoms with van der Waals surface area (Å²) in [5.41, 5.74) is 0.669. The maximum Gasteiger partial charge on any atom is 0.340 e. The van der Waals surface area contributed by atoms with Crippen LogP contribution in [0.3, 0.4) is 0 Å². The van der Waals surface area contributed by atoms with Crippen molar-refractivity contribution < 1.29 is 9.52 Å². The van der Waals surface area contributed by atoms with Gasteiger partial charge in [-0.1, -0.05) is 24.3 Å². The van der Waals surface area contributed by atoms with Gasteiger partial charge in [0.1, 0.15) is 11.3 Å². The fourth-order valence-electron chi connectivity index (χ4n) is 1.99. The standard InChI is InChI=1S/C14H10O3/c15-11-6-5-10-7-12(9-3-1-2-4-9)14(16)17-13(10)8-11/h1-9,15H. The normalized spacial score (nSPS) is 14.8. The lowest BCUT2D eigenvalue weighted by Gasteiger charge is -2.05. The van der Waals surface area contributed by atoms with Crippen molar-refractivity contribution in [2.45, 2.75) is 5.92 Å². The van der Waals surface area contributed by atoms with Crippen LogP contribution >= 0.6 is 0 Å². The van der Waals surface area contributed by atoms with Gasteiger partial charge in [0.05, 0.1) is 0 Å². The van der Waals surface area contributed by atoms with Gasteiger partial charge in [-0.2, -0.15) is 0 Å². The molecule has 1 N–H and O–H groups in total. The Morgan fingerprint density at radius 1 is 1.12 bits per heavy atom. The molecular formula is C14H10O3. The SMILES string of the molecule is O=c1oc2cc(O)ccc2cc1C1C=CC=C1. The monoisotopic (exact) mass is 226 g/mol. The van der Waals surface area contributed by atoms with Crippen LogP contribution in [0.2, 0.25) is 0 Å². The first kappa shape index (κ1) is 9.90. The number of hydrogen-bond donors (Lipinski definition) is 1. The zero-order valence-electron chi connectivity index (χ0n) is 8.96. The van der Waals surface area contributed by atoms with Crippen molar-refractivity contribution in [2.24, 2.45) is 0 Å². The fourth-order valence-corrected chi connectivity index (χ4v) is 1.99. The smallest absolute Gasteiger partial charge is 0.340 e. The highest BCUT2D eigenvalue weighted by atomic mass is 16.4. The molecule has 0 aliphatic heterocycles. The predicted octanol–water partition coefficient (Wildman–Crippen LogP) is 2.71. The molecule has 1 aliphatic rings. The van der Waals surface area contributed by atoms with E-state index in [2.05, 4.69) is 0 Å². The highest BCUT2D eigenvalue weighted by Crippen LogP contribution is 2.25. The van der Waals surface area contributed by atoms with Crippen molar-refractivity contribution in [1.82, 2.24) is 0 Å². The first-order valence-corrected chi connectivity index (χ1v) is 5.36. The average Bonchev–Trinajstić information content (AvgIpc) is 2.81. The van der Waals surface area contributed by atoms with Gasteiger partial charge in [0.25, 0.3) is 0 Å². The van der Waals surface area contributed by atoms with E-state index in [0.29, 0.717) is 11.1 Å². The van der Waals surface area contributed by atoms with Gasteiger partial charge in [0.2, 0.25) is 0 Å². The second-order valence-corrected chi connectivity index (χ2v) is 4.01. The molecule has 0 spiro atoms. The van der Waals surface area contributed by atoms with Crippen LogP contribution < -0.4 is 5.63 Å². The van der Waals surface area contributed by atoms with Crippen LogP contribution in [0, 0.1) is 0 Å². The summed E-state index contributed by atoms with van der Waals surface area (Å²) in [6, 6.07) is 6.57. The summed E-state index contributed by atoms with van der Waals surface area (Å²) in [5.74, 6) is 0.0820. The molecule has 1 aromatic carbocycles. The van der Waals surface area contributed by atoms with E-state index in [1.165, 1.54) is 6.07 Å². The molecule has 0 fully saturated rings. The number of phenols is 1. The quantitative estimate of drug-likeness (QED) is 0.760. The number of aromatic hydroxyl groups is 1. The molecule has 0 atom stereocenters. The van der Waals surface area contributed by atoms with Crippen molar-refractivity contribution in [1.29, 1.82) is 0 Å². The number of rotatable bonds is 1. The van der Waals surface area contributed by atoms with Crippen LogP contribution in [0.15, 0.2) is 57.8 Å². The van der Waals surface area contributed by atoms with Crippen molar-refractivity contribution in [3.8, 4) is 5.75 Å². The minimum Gasteiger partial charge on any atom is -0.508 e. The lowest BCUT2D eigenvalue weighted by molar-refractivity contribution is 0.472. The van der Waals surface area contributed by atoms with Gasteiger partial charge in [-0.05, 0) is 18.2 Å². The van der Waals surface area contributed by atoms with Crippen LogP contribution in [-0.2, 0) is 0 Å². The van der Waals surface area contributed by atoms with E-state index in [1.807, 2.05) is 30.4 Å². The molecule has 3 rings (SSSR count). The van der Waals surface area contributed by atoms with Gasteiger partial charge in [-0.15, -0.1) is 0 Å². The Hall–Kier alpha value is -2.29. The maximum absolute atomic E-state index is 11.8. The number of phenolic OH excluding ortho intramolecular Hbond substituents is 1. The molecule has 84 valence electrons. The Balaban J connectivity index is 2.24. The molecule has 3 heteroatoms. The van der Waals surface area contributed by atoms with Crippen molar-refractivity contribution in [3.05, 3.63) is 64.6 Å². The van der Waals surface area contributed by atoms with Crippen molar-refractivity contribution in [2.75, 3.05) is 0 Å². The van der Waals surface area contributed by atoms with Crippen LogP contribution in [-0.4, -0.2) is 5.11 Å². The van der Waals surface area contributed by atoms with E-state index >= 15 is 0 Å². The van der Waals surface area contributed by atoms with Gasteiger partial charge >= 0.3 is 5.63 Å². The van der Waals surface area contributed by atoms with E-state index in [4.69, 9.17) is 4.42 Å². The first-order valence-electron chi connectivity index (χ1n) is 5.36. The zero-order valence-corrected chi connectivity index (χ0v) is 8.96. The molecule has 17 heavy (non-hydrogen) atoms. The van der Waals surface area contributed by atoms with E-state index in [1.54, 1.807) is 12.1 Å². The Kier molecular flexibility index (Phi) is 2.11. The zero-order chi connectivity index (χ0) is 11.8. The van der Waals surface area contributed by atoms with E-state index in [-0.39, 0.29) is 17.3 Å².